The van der Waals surface area contributed by atoms with E-state index in [4.69, 9.17) is 0 Å². The number of Topliss-reactive ketones (excluding diaryl/α,β-unsaturated/α-hetero) is 1. The van der Waals surface area contributed by atoms with Crippen molar-refractivity contribution in [3.63, 3.8) is 0 Å². The van der Waals surface area contributed by atoms with Crippen molar-refractivity contribution in [2.24, 2.45) is 0 Å². The van der Waals surface area contributed by atoms with Crippen LogP contribution in [0.15, 0.2) is 109 Å². The van der Waals surface area contributed by atoms with E-state index in [9.17, 15) is 19.1 Å². The summed E-state index contributed by atoms with van der Waals surface area (Å²) in [7, 11) is -5.27. The van der Waals surface area contributed by atoms with E-state index in [-0.39, 0.29) is 11.1 Å². The smallest absolute Gasteiger partial charge is 0.319 e. The number of halogens is 1. The van der Waals surface area contributed by atoms with Crippen molar-refractivity contribution in [1.29, 1.82) is 0 Å². The SMILES string of the molecule is O=C(c1ccccc1)C(C(=C(F)P(=O)(O)O)c1ccccc1)c1ccc2ccccc2c1. The lowest BCUT2D eigenvalue weighted by atomic mass is 9.81. The van der Waals surface area contributed by atoms with Gasteiger partial charge in [0.15, 0.2) is 5.78 Å². The molecule has 160 valence electrons. The van der Waals surface area contributed by atoms with Crippen LogP contribution in [-0.2, 0) is 4.57 Å². The zero-order chi connectivity index (χ0) is 22.7. The van der Waals surface area contributed by atoms with Crippen LogP contribution in [0.5, 0.6) is 0 Å². The Bertz CT molecular complexity index is 1340. The Hall–Kier alpha value is -3.37. The lowest BCUT2D eigenvalue weighted by Crippen LogP contribution is -2.16. The monoisotopic (exact) mass is 446 g/mol. The first-order valence-corrected chi connectivity index (χ1v) is 11.6. The molecule has 0 heterocycles. The molecule has 0 spiro atoms. The van der Waals surface area contributed by atoms with Gasteiger partial charge in [-0.3, -0.25) is 9.36 Å². The van der Waals surface area contributed by atoms with Gasteiger partial charge in [0.2, 0.25) is 5.57 Å². The zero-order valence-corrected chi connectivity index (χ0v) is 17.8. The molecule has 0 aliphatic carbocycles. The van der Waals surface area contributed by atoms with Crippen molar-refractivity contribution < 1.29 is 23.5 Å². The average molecular weight is 446 g/mol. The van der Waals surface area contributed by atoms with E-state index in [1.54, 1.807) is 60.7 Å². The van der Waals surface area contributed by atoms with Crippen LogP contribution in [0.25, 0.3) is 16.3 Å². The van der Waals surface area contributed by atoms with Crippen molar-refractivity contribution in [2.75, 3.05) is 0 Å². The van der Waals surface area contributed by atoms with Crippen LogP contribution >= 0.6 is 7.60 Å². The molecule has 4 rings (SSSR count). The number of carbonyl (C=O) groups is 1. The molecule has 32 heavy (non-hydrogen) atoms. The summed E-state index contributed by atoms with van der Waals surface area (Å²) in [6.07, 6.45) is 0. The molecule has 0 saturated heterocycles. The molecule has 2 N–H and O–H groups in total. The number of hydrogen-bond acceptors (Lipinski definition) is 2. The number of benzene rings is 4. The predicted molar refractivity (Wildman–Crippen MR) is 124 cm³/mol. The standard InChI is InChI=1S/C26H20FO4P/c27-26(32(29,30)31)24(19-10-3-1-4-11-19)23(25(28)20-12-5-2-6-13-20)22-16-15-18-9-7-8-14-21(18)17-22/h1-17,23H,(H2,29,30,31). The first-order valence-electron chi connectivity index (χ1n) is 9.95. The summed E-state index contributed by atoms with van der Waals surface area (Å²) in [5.74, 6) is -1.71. The summed E-state index contributed by atoms with van der Waals surface area (Å²) in [4.78, 5) is 33.1. The van der Waals surface area contributed by atoms with E-state index in [2.05, 4.69) is 0 Å². The van der Waals surface area contributed by atoms with Gasteiger partial charge in [-0.15, -0.1) is 0 Å². The van der Waals surface area contributed by atoms with Crippen LogP contribution in [0.2, 0.25) is 0 Å². The van der Waals surface area contributed by atoms with Gasteiger partial charge in [-0.25, -0.2) is 0 Å². The van der Waals surface area contributed by atoms with E-state index in [1.165, 1.54) is 12.1 Å². The number of fused-ring (bicyclic) bond motifs is 1. The molecule has 0 radical (unpaired) electrons. The van der Waals surface area contributed by atoms with Crippen molar-refractivity contribution in [1.82, 2.24) is 0 Å². The molecular formula is C26H20FO4P. The summed E-state index contributed by atoms with van der Waals surface area (Å²) < 4.78 is 27.4. The lowest BCUT2D eigenvalue weighted by Gasteiger charge is -2.22. The Morgan fingerprint density at radius 2 is 1.25 bits per heavy atom. The van der Waals surface area contributed by atoms with Gasteiger partial charge < -0.3 is 9.79 Å². The van der Waals surface area contributed by atoms with Gasteiger partial charge in [0.1, 0.15) is 0 Å². The van der Waals surface area contributed by atoms with Crippen LogP contribution in [0.4, 0.5) is 4.39 Å². The molecule has 1 unspecified atom stereocenters. The van der Waals surface area contributed by atoms with Crippen molar-refractivity contribution in [3.05, 3.63) is 125 Å². The maximum Gasteiger partial charge on any atom is 0.384 e. The molecule has 0 bridgehead atoms. The normalized spacial score (nSPS) is 13.5. The average Bonchev–Trinajstić information content (AvgIpc) is 2.82. The van der Waals surface area contributed by atoms with Gasteiger partial charge in [-0.2, -0.15) is 4.39 Å². The van der Waals surface area contributed by atoms with E-state index in [0.29, 0.717) is 11.1 Å². The second-order valence-electron chi connectivity index (χ2n) is 7.38. The van der Waals surface area contributed by atoms with Crippen LogP contribution in [0.3, 0.4) is 0 Å². The number of carbonyl (C=O) groups excluding carboxylic acids is 1. The maximum absolute atomic E-state index is 15.3. The first kappa shape index (κ1) is 21.8. The lowest BCUT2D eigenvalue weighted by molar-refractivity contribution is 0.0979. The minimum atomic E-state index is -5.27. The summed E-state index contributed by atoms with van der Waals surface area (Å²) in [6.45, 7) is 0. The summed E-state index contributed by atoms with van der Waals surface area (Å²) >= 11 is 0. The van der Waals surface area contributed by atoms with E-state index >= 15 is 4.39 Å². The number of hydrogen-bond donors (Lipinski definition) is 2. The fourth-order valence-corrected chi connectivity index (χ4v) is 4.36. The summed E-state index contributed by atoms with van der Waals surface area (Å²) in [6, 6.07) is 29.2. The van der Waals surface area contributed by atoms with Gasteiger partial charge in [0.25, 0.3) is 0 Å². The molecule has 4 aromatic carbocycles. The van der Waals surface area contributed by atoms with Gasteiger partial charge >= 0.3 is 7.60 Å². The van der Waals surface area contributed by atoms with Gasteiger partial charge in [-0.05, 0) is 21.9 Å². The van der Waals surface area contributed by atoms with E-state index in [1.807, 2.05) is 30.3 Å². The molecule has 0 saturated carbocycles. The van der Waals surface area contributed by atoms with Gasteiger partial charge in [0.05, 0.1) is 5.92 Å². The molecule has 0 aliphatic rings. The van der Waals surface area contributed by atoms with Gasteiger partial charge in [-0.1, -0.05) is 103 Å². The molecule has 0 aromatic heterocycles. The van der Waals surface area contributed by atoms with Crippen LogP contribution in [0.1, 0.15) is 27.4 Å². The number of rotatable bonds is 6. The molecule has 0 aliphatic heterocycles. The highest BCUT2D eigenvalue weighted by atomic mass is 31.2. The Morgan fingerprint density at radius 1 is 0.719 bits per heavy atom. The molecule has 1 atom stereocenters. The molecule has 4 nitrogen and oxygen atoms in total. The molecule has 6 heteroatoms. The second-order valence-corrected chi connectivity index (χ2v) is 8.87. The van der Waals surface area contributed by atoms with Crippen molar-refractivity contribution >= 4 is 29.7 Å². The molecule has 0 amide bonds. The summed E-state index contributed by atoms with van der Waals surface area (Å²) in [5.41, 5.74) is -0.942. The first-order chi connectivity index (χ1) is 15.4. The fourth-order valence-electron chi connectivity index (χ4n) is 3.79. The minimum absolute atomic E-state index is 0.232. The zero-order valence-electron chi connectivity index (χ0n) is 16.9. The highest BCUT2D eigenvalue weighted by Crippen LogP contribution is 2.53. The van der Waals surface area contributed by atoms with Crippen LogP contribution in [0, 0.1) is 0 Å². The van der Waals surface area contributed by atoms with E-state index in [0.717, 1.165) is 10.8 Å². The number of allylic oxidation sites excluding steroid dienone is 1. The summed E-state index contributed by atoms with van der Waals surface area (Å²) in [5, 5.41) is 1.77. The van der Waals surface area contributed by atoms with Crippen LogP contribution < -0.4 is 0 Å². The molecule has 0 fully saturated rings. The fraction of sp³-hybridized carbons (Fsp3) is 0.0385. The third-order valence-corrected chi connectivity index (χ3v) is 6.03. The topological polar surface area (TPSA) is 74.6 Å². The Balaban J connectivity index is 2.02. The highest BCUT2D eigenvalue weighted by molar-refractivity contribution is 7.56. The number of ketones is 1. The van der Waals surface area contributed by atoms with Crippen molar-refractivity contribution in [2.45, 2.75) is 5.92 Å². The largest absolute Gasteiger partial charge is 0.384 e. The highest BCUT2D eigenvalue weighted by Gasteiger charge is 2.35. The maximum atomic E-state index is 15.3. The quantitative estimate of drug-likeness (QED) is 0.268. The van der Waals surface area contributed by atoms with Crippen molar-refractivity contribution in [3.8, 4) is 0 Å². The Morgan fingerprint density at radius 3 is 1.84 bits per heavy atom. The Kier molecular flexibility index (Phi) is 6.15. The predicted octanol–water partition coefficient (Wildman–Crippen LogP) is 6.32. The molecular weight excluding hydrogens is 426 g/mol. The third kappa shape index (κ3) is 4.46. The second kappa shape index (κ2) is 9.01. The van der Waals surface area contributed by atoms with Crippen LogP contribution in [-0.4, -0.2) is 15.6 Å². The van der Waals surface area contributed by atoms with E-state index < -0.39 is 24.9 Å². The molecule has 4 aromatic rings. The van der Waals surface area contributed by atoms with Gasteiger partial charge in [0, 0.05) is 11.1 Å². The third-order valence-electron chi connectivity index (χ3n) is 5.28. The Labute approximate surface area is 184 Å². The minimum Gasteiger partial charge on any atom is -0.319 e.